The van der Waals surface area contributed by atoms with Gasteiger partial charge in [0.2, 0.25) is 0 Å². The molecule has 0 heterocycles. The van der Waals surface area contributed by atoms with Crippen molar-refractivity contribution in [2.75, 3.05) is 11.9 Å². The molecule has 0 spiro atoms. The Balaban J connectivity index is 0.00000220. The molecule has 1 N–H and O–H groups in total. The van der Waals surface area contributed by atoms with E-state index >= 15 is 0 Å². The molecule has 0 amide bonds. The number of halogens is 3. The molecule has 0 aliphatic heterocycles. The third-order valence-electron chi connectivity index (χ3n) is 2.65. The van der Waals surface area contributed by atoms with Gasteiger partial charge in [-0.25, -0.2) is 4.39 Å². The fourth-order valence-electron chi connectivity index (χ4n) is 1.66. The van der Waals surface area contributed by atoms with Crippen molar-refractivity contribution in [2.45, 2.75) is 6.54 Å². The Bertz CT molecular complexity index is 625. The van der Waals surface area contributed by atoms with Crippen molar-refractivity contribution >= 4 is 34.0 Å². The van der Waals surface area contributed by atoms with Crippen molar-refractivity contribution in [2.24, 2.45) is 0 Å². The molecule has 0 radical (unpaired) electrons. The lowest BCUT2D eigenvalue weighted by Gasteiger charge is -2.09. The number of ether oxygens (including phenoxy) is 1. The molecule has 0 aromatic heterocycles. The minimum atomic E-state index is -0.242. The van der Waals surface area contributed by atoms with E-state index in [-0.39, 0.29) is 24.8 Å². The zero-order valence-corrected chi connectivity index (χ0v) is 13.5. The van der Waals surface area contributed by atoms with Gasteiger partial charge in [0.05, 0.1) is 4.47 Å². The second kappa shape index (κ2) is 8.56. The summed E-state index contributed by atoms with van der Waals surface area (Å²) >= 11 is 3.44. The number of rotatable bonds is 5. The maximum Gasteiger partial charge on any atom is 0.148 e. The lowest BCUT2D eigenvalue weighted by atomic mass is 10.2. The molecule has 0 saturated heterocycles. The van der Waals surface area contributed by atoms with E-state index in [2.05, 4.69) is 27.2 Å². The van der Waals surface area contributed by atoms with Gasteiger partial charge in [-0.2, -0.15) is 0 Å². The zero-order valence-electron chi connectivity index (χ0n) is 11.1. The first-order chi connectivity index (χ1) is 9.69. The average molecular weight is 371 g/mol. The minimum Gasteiger partial charge on any atom is -0.480 e. The van der Waals surface area contributed by atoms with Gasteiger partial charge in [0.25, 0.3) is 0 Å². The third-order valence-corrected chi connectivity index (χ3v) is 3.27. The molecule has 2 aromatic rings. The summed E-state index contributed by atoms with van der Waals surface area (Å²) in [5.74, 6) is 2.90. The molecule has 5 heteroatoms. The summed E-state index contributed by atoms with van der Waals surface area (Å²) in [4.78, 5) is 0. The van der Waals surface area contributed by atoms with Gasteiger partial charge in [0.15, 0.2) is 0 Å². The first kappa shape index (κ1) is 17.4. The van der Waals surface area contributed by atoms with Crippen LogP contribution in [0.1, 0.15) is 5.56 Å². The molecule has 21 heavy (non-hydrogen) atoms. The summed E-state index contributed by atoms with van der Waals surface area (Å²) in [6.07, 6.45) is 5.15. The Morgan fingerprint density at radius 3 is 2.52 bits per heavy atom. The molecule has 2 rings (SSSR count). The van der Waals surface area contributed by atoms with E-state index in [9.17, 15) is 4.39 Å². The average Bonchev–Trinajstić information content (AvgIpc) is 2.46. The lowest BCUT2D eigenvalue weighted by Crippen LogP contribution is -2.00. The molecule has 2 nitrogen and oxygen atoms in total. The van der Waals surface area contributed by atoms with E-state index in [1.165, 1.54) is 12.1 Å². The van der Waals surface area contributed by atoms with Crippen LogP contribution in [-0.4, -0.2) is 6.61 Å². The largest absolute Gasteiger partial charge is 0.480 e. The Morgan fingerprint density at radius 2 is 1.90 bits per heavy atom. The van der Waals surface area contributed by atoms with E-state index in [1.54, 1.807) is 12.1 Å². The predicted octanol–water partition coefficient (Wildman–Crippen LogP) is 4.63. The smallest absolute Gasteiger partial charge is 0.148 e. The highest BCUT2D eigenvalue weighted by Gasteiger charge is 2.02. The number of anilines is 1. The van der Waals surface area contributed by atoms with E-state index in [0.29, 0.717) is 12.3 Å². The van der Waals surface area contributed by atoms with Gasteiger partial charge in [-0.3, -0.25) is 0 Å². The minimum absolute atomic E-state index is 0. The summed E-state index contributed by atoms with van der Waals surface area (Å²) in [7, 11) is 0. The molecule has 0 unspecified atom stereocenters. The van der Waals surface area contributed by atoms with Gasteiger partial charge in [0.1, 0.15) is 18.2 Å². The van der Waals surface area contributed by atoms with Gasteiger partial charge < -0.3 is 10.1 Å². The van der Waals surface area contributed by atoms with Crippen LogP contribution in [0.2, 0.25) is 0 Å². The number of benzene rings is 2. The summed E-state index contributed by atoms with van der Waals surface area (Å²) in [5.41, 5.74) is 1.95. The van der Waals surface area contributed by atoms with Crippen molar-refractivity contribution in [3.8, 4) is 18.1 Å². The molecule has 0 aliphatic rings. The number of hydrogen-bond donors (Lipinski definition) is 1. The number of terminal acetylenes is 1. The van der Waals surface area contributed by atoms with Crippen LogP contribution in [-0.2, 0) is 6.54 Å². The van der Waals surface area contributed by atoms with Crippen molar-refractivity contribution in [1.29, 1.82) is 0 Å². The SMILES string of the molecule is C#CCOc1ccc(CNc2ccc(F)cc2)cc1Br.Cl. The highest BCUT2D eigenvalue weighted by Crippen LogP contribution is 2.26. The molecular weight excluding hydrogens is 357 g/mol. The van der Waals surface area contributed by atoms with Crippen LogP contribution in [0.25, 0.3) is 0 Å². The quantitative estimate of drug-likeness (QED) is 0.775. The fraction of sp³-hybridized carbons (Fsp3) is 0.125. The van der Waals surface area contributed by atoms with Crippen LogP contribution in [0, 0.1) is 18.2 Å². The van der Waals surface area contributed by atoms with Crippen LogP contribution in [0.15, 0.2) is 46.9 Å². The molecule has 0 bridgehead atoms. The molecular formula is C16H14BrClFNO. The van der Waals surface area contributed by atoms with E-state index < -0.39 is 0 Å². The molecule has 0 saturated carbocycles. The molecule has 0 aliphatic carbocycles. The molecule has 0 atom stereocenters. The zero-order chi connectivity index (χ0) is 14.4. The number of nitrogens with one attached hydrogen (secondary N) is 1. The Hall–Kier alpha value is -1.70. The summed E-state index contributed by atoms with van der Waals surface area (Å²) in [5, 5.41) is 3.22. The Kier molecular flexibility index (Phi) is 7.07. The van der Waals surface area contributed by atoms with Crippen LogP contribution in [0.3, 0.4) is 0 Å². The normalized spacial score (nSPS) is 9.38. The standard InChI is InChI=1S/C16H13BrFNO.ClH/c1-2-9-20-16-8-3-12(10-15(16)17)11-19-14-6-4-13(18)5-7-14;/h1,3-8,10,19H,9,11H2;1H. The van der Waals surface area contributed by atoms with Crippen LogP contribution < -0.4 is 10.1 Å². The molecule has 110 valence electrons. The maximum absolute atomic E-state index is 12.8. The van der Waals surface area contributed by atoms with Crippen molar-refractivity contribution < 1.29 is 9.13 Å². The molecule has 2 aromatic carbocycles. The number of hydrogen-bond acceptors (Lipinski definition) is 2. The maximum atomic E-state index is 12.8. The van der Waals surface area contributed by atoms with Gasteiger partial charge in [-0.05, 0) is 57.9 Å². The summed E-state index contributed by atoms with van der Waals surface area (Å²) in [6.45, 7) is 0.880. The highest BCUT2D eigenvalue weighted by molar-refractivity contribution is 9.10. The topological polar surface area (TPSA) is 21.3 Å². The molecule has 0 fully saturated rings. The van der Waals surface area contributed by atoms with Gasteiger partial charge in [-0.1, -0.05) is 12.0 Å². The van der Waals surface area contributed by atoms with Crippen LogP contribution in [0.5, 0.6) is 5.75 Å². The van der Waals surface area contributed by atoms with E-state index in [0.717, 1.165) is 15.7 Å². The monoisotopic (exact) mass is 369 g/mol. The first-order valence-electron chi connectivity index (χ1n) is 6.03. The van der Waals surface area contributed by atoms with Crippen molar-refractivity contribution in [1.82, 2.24) is 0 Å². The van der Waals surface area contributed by atoms with E-state index in [1.807, 2.05) is 18.2 Å². The predicted molar refractivity (Wildman–Crippen MR) is 89.4 cm³/mol. The fourth-order valence-corrected chi connectivity index (χ4v) is 2.20. The van der Waals surface area contributed by atoms with Gasteiger partial charge in [0, 0.05) is 12.2 Å². The highest BCUT2D eigenvalue weighted by atomic mass is 79.9. The van der Waals surface area contributed by atoms with Gasteiger partial charge >= 0.3 is 0 Å². The van der Waals surface area contributed by atoms with Crippen molar-refractivity contribution in [3.63, 3.8) is 0 Å². The summed E-state index contributed by atoms with van der Waals surface area (Å²) < 4.78 is 19.0. The summed E-state index contributed by atoms with van der Waals surface area (Å²) in [6, 6.07) is 12.0. The third kappa shape index (κ3) is 5.30. The van der Waals surface area contributed by atoms with Gasteiger partial charge in [-0.15, -0.1) is 18.8 Å². The second-order valence-corrected chi connectivity index (χ2v) is 4.97. The van der Waals surface area contributed by atoms with Crippen LogP contribution in [0.4, 0.5) is 10.1 Å². The van der Waals surface area contributed by atoms with Crippen molar-refractivity contribution in [3.05, 3.63) is 58.3 Å². The van der Waals surface area contributed by atoms with E-state index in [4.69, 9.17) is 11.2 Å². The van der Waals surface area contributed by atoms with Crippen LogP contribution >= 0.6 is 28.3 Å². The first-order valence-corrected chi connectivity index (χ1v) is 6.82. The Morgan fingerprint density at radius 1 is 1.19 bits per heavy atom. The Labute approximate surface area is 138 Å². The lowest BCUT2D eigenvalue weighted by molar-refractivity contribution is 0.368. The second-order valence-electron chi connectivity index (χ2n) is 4.12.